The predicted molar refractivity (Wildman–Crippen MR) is 74.9 cm³/mol. The average molecular weight is 293 g/mol. The van der Waals surface area contributed by atoms with E-state index in [1.165, 1.54) is 4.31 Å². The predicted octanol–water partition coefficient (Wildman–Crippen LogP) is 1.71. The SMILES string of the molecule is Cc1onc(N)c1S(=O)(=O)N1c2ccccc2CC1C. The van der Waals surface area contributed by atoms with Gasteiger partial charge in [0, 0.05) is 6.04 Å². The molecular formula is C13H15N3O3S. The van der Waals surface area contributed by atoms with Gasteiger partial charge in [-0.2, -0.15) is 0 Å². The molecule has 20 heavy (non-hydrogen) atoms. The van der Waals surface area contributed by atoms with Crippen molar-refractivity contribution in [2.45, 2.75) is 31.2 Å². The Morgan fingerprint density at radius 1 is 1.40 bits per heavy atom. The minimum Gasteiger partial charge on any atom is -0.380 e. The number of para-hydroxylation sites is 1. The molecule has 6 nitrogen and oxygen atoms in total. The number of nitrogen functional groups attached to an aromatic ring is 1. The lowest BCUT2D eigenvalue weighted by molar-refractivity contribution is 0.396. The average Bonchev–Trinajstić information content (AvgIpc) is 2.88. The third-order valence-electron chi connectivity index (χ3n) is 3.49. The third kappa shape index (κ3) is 1.70. The Kier molecular flexibility index (Phi) is 2.75. The van der Waals surface area contributed by atoms with Crippen molar-refractivity contribution < 1.29 is 12.9 Å². The number of aryl methyl sites for hydroxylation is 1. The number of hydrogen-bond donors (Lipinski definition) is 1. The highest BCUT2D eigenvalue weighted by molar-refractivity contribution is 7.93. The molecule has 0 saturated carbocycles. The fourth-order valence-electron chi connectivity index (χ4n) is 2.70. The van der Waals surface area contributed by atoms with Crippen molar-refractivity contribution in [2.24, 2.45) is 0 Å². The number of aromatic nitrogens is 1. The van der Waals surface area contributed by atoms with Crippen molar-refractivity contribution in [3.63, 3.8) is 0 Å². The molecule has 0 amide bonds. The number of nitrogens with two attached hydrogens (primary N) is 1. The summed E-state index contributed by atoms with van der Waals surface area (Å²) in [6, 6.07) is 7.30. The summed E-state index contributed by atoms with van der Waals surface area (Å²) in [7, 11) is -3.77. The third-order valence-corrected chi connectivity index (χ3v) is 5.58. The van der Waals surface area contributed by atoms with Crippen molar-refractivity contribution in [1.29, 1.82) is 0 Å². The van der Waals surface area contributed by atoms with Gasteiger partial charge in [0.2, 0.25) is 0 Å². The molecule has 2 heterocycles. The topological polar surface area (TPSA) is 89.4 Å². The smallest absolute Gasteiger partial charge is 0.271 e. The Labute approximate surface area is 117 Å². The summed E-state index contributed by atoms with van der Waals surface area (Å²) in [5, 5.41) is 3.53. The maximum Gasteiger partial charge on any atom is 0.271 e. The molecule has 1 aliphatic heterocycles. The van der Waals surface area contributed by atoms with Crippen molar-refractivity contribution in [3.05, 3.63) is 35.6 Å². The van der Waals surface area contributed by atoms with Gasteiger partial charge in [0.1, 0.15) is 0 Å². The molecule has 1 unspecified atom stereocenters. The molecule has 1 aromatic carbocycles. The minimum absolute atomic E-state index is 0.0407. The van der Waals surface area contributed by atoms with Crippen molar-refractivity contribution >= 4 is 21.5 Å². The number of nitrogens with zero attached hydrogens (tertiary/aromatic N) is 2. The van der Waals surface area contributed by atoms with Crippen LogP contribution in [0.15, 0.2) is 33.7 Å². The molecular weight excluding hydrogens is 278 g/mol. The fourth-order valence-corrected chi connectivity index (χ4v) is 4.58. The van der Waals surface area contributed by atoms with E-state index in [2.05, 4.69) is 5.16 Å². The van der Waals surface area contributed by atoms with Crippen molar-refractivity contribution in [2.75, 3.05) is 10.0 Å². The number of hydrogen-bond acceptors (Lipinski definition) is 5. The van der Waals surface area contributed by atoms with Crippen LogP contribution in [0.3, 0.4) is 0 Å². The molecule has 1 aromatic heterocycles. The Morgan fingerprint density at radius 2 is 2.10 bits per heavy atom. The first-order valence-corrected chi connectivity index (χ1v) is 7.71. The quantitative estimate of drug-likeness (QED) is 0.910. The molecule has 1 atom stereocenters. The first kappa shape index (κ1) is 13.0. The van der Waals surface area contributed by atoms with E-state index in [4.69, 9.17) is 10.3 Å². The zero-order valence-electron chi connectivity index (χ0n) is 11.2. The molecule has 106 valence electrons. The lowest BCUT2D eigenvalue weighted by Crippen LogP contribution is -2.36. The van der Waals surface area contributed by atoms with Gasteiger partial charge >= 0.3 is 0 Å². The van der Waals surface area contributed by atoms with Crippen LogP contribution in [0.5, 0.6) is 0 Å². The molecule has 2 aromatic rings. The first-order valence-electron chi connectivity index (χ1n) is 6.27. The lowest BCUT2D eigenvalue weighted by Gasteiger charge is -2.23. The standard InChI is InChI=1S/C13H15N3O3S/c1-8-7-10-5-3-4-6-11(10)16(8)20(17,18)12-9(2)19-15-13(12)14/h3-6,8H,7H2,1-2H3,(H2,14,15). The second-order valence-electron chi connectivity index (χ2n) is 4.94. The summed E-state index contributed by atoms with van der Waals surface area (Å²) >= 11 is 0. The van der Waals surface area contributed by atoms with Crippen molar-refractivity contribution in [3.8, 4) is 0 Å². The van der Waals surface area contributed by atoms with E-state index in [9.17, 15) is 8.42 Å². The molecule has 2 N–H and O–H groups in total. The van der Waals surface area contributed by atoms with Gasteiger partial charge in [-0.1, -0.05) is 23.4 Å². The number of benzene rings is 1. The zero-order valence-corrected chi connectivity index (χ0v) is 12.0. The van der Waals surface area contributed by atoms with Gasteiger partial charge in [-0.25, -0.2) is 8.42 Å². The fraction of sp³-hybridized carbons (Fsp3) is 0.308. The van der Waals surface area contributed by atoms with Gasteiger partial charge in [0.25, 0.3) is 10.0 Å². The molecule has 0 aliphatic carbocycles. The highest BCUT2D eigenvalue weighted by atomic mass is 32.2. The lowest BCUT2D eigenvalue weighted by atomic mass is 10.1. The second-order valence-corrected chi connectivity index (χ2v) is 6.69. The molecule has 1 aliphatic rings. The summed E-state index contributed by atoms with van der Waals surface area (Å²) < 4.78 is 32.0. The van der Waals surface area contributed by atoms with Gasteiger partial charge in [0.05, 0.1) is 5.69 Å². The van der Waals surface area contributed by atoms with Crippen LogP contribution in [-0.2, 0) is 16.4 Å². The monoisotopic (exact) mass is 293 g/mol. The van der Waals surface area contributed by atoms with Gasteiger partial charge in [0.15, 0.2) is 16.5 Å². The van der Waals surface area contributed by atoms with E-state index in [1.807, 2.05) is 25.1 Å². The molecule has 7 heteroatoms. The summed E-state index contributed by atoms with van der Waals surface area (Å²) in [6.45, 7) is 3.42. The number of sulfonamides is 1. The van der Waals surface area contributed by atoms with E-state index in [0.717, 1.165) is 5.56 Å². The Morgan fingerprint density at radius 3 is 2.75 bits per heavy atom. The Balaban J connectivity index is 2.18. The highest BCUT2D eigenvalue weighted by Gasteiger charge is 2.39. The second kappa shape index (κ2) is 4.24. The number of anilines is 2. The van der Waals surface area contributed by atoms with Crippen LogP contribution in [0.4, 0.5) is 11.5 Å². The van der Waals surface area contributed by atoms with E-state index >= 15 is 0 Å². The molecule has 3 rings (SSSR count). The number of fused-ring (bicyclic) bond motifs is 1. The van der Waals surface area contributed by atoms with Crippen LogP contribution in [0, 0.1) is 6.92 Å². The van der Waals surface area contributed by atoms with Crippen LogP contribution in [0.1, 0.15) is 18.2 Å². The number of rotatable bonds is 2. The molecule has 0 fully saturated rings. The van der Waals surface area contributed by atoms with Crippen LogP contribution in [-0.4, -0.2) is 19.6 Å². The van der Waals surface area contributed by atoms with E-state index in [0.29, 0.717) is 12.1 Å². The van der Waals surface area contributed by atoms with E-state index < -0.39 is 10.0 Å². The van der Waals surface area contributed by atoms with Gasteiger partial charge in [-0.05, 0) is 31.9 Å². The van der Waals surface area contributed by atoms with Gasteiger partial charge in [-0.3, -0.25) is 4.31 Å². The van der Waals surface area contributed by atoms with Crippen LogP contribution in [0.25, 0.3) is 0 Å². The minimum atomic E-state index is -3.77. The van der Waals surface area contributed by atoms with Crippen LogP contribution in [0.2, 0.25) is 0 Å². The van der Waals surface area contributed by atoms with Crippen LogP contribution < -0.4 is 10.0 Å². The van der Waals surface area contributed by atoms with E-state index in [1.54, 1.807) is 13.0 Å². The maximum absolute atomic E-state index is 12.9. The normalized spacial score (nSPS) is 18.3. The van der Waals surface area contributed by atoms with E-state index in [-0.39, 0.29) is 22.5 Å². The largest absolute Gasteiger partial charge is 0.380 e. The first-order chi connectivity index (χ1) is 9.43. The van der Waals surface area contributed by atoms with Crippen molar-refractivity contribution in [1.82, 2.24) is 5.16 Å². The maximum atomic E-state index is 12.9. The molecule has 0 bridgehead atoms. The van der Waals surface area contributed by atoms with Gasteiger partial charge in [-0.15, -0.1) is 0 Å². The summed E-state index contributed by atoms with van der Waals surface area (Å²) in [5.74, 6) is 0.109. The zero-order chi connectivity index (χ0) is 14.5. The van der Waals surface area contributed by atoms with Gasteiger partial charge < -0.3 is 10.3 Å². The Bertz CT molecular complexity index is 747. The summed E-state index contributed by atoms with van der Waals surface area (Å²) in [6.07, 6.45) is 0.680. The summed E-state index contributed by atoms with van der Waals surface area (Å²) in [5.41, 5.74) is 7.35. The molecule has 0 radical (unpaired) electrons. The highest BCUT2D eigenvalue weighted by Crippen LogP contribution is 2.38. The molecule has 0 saturated heterocycles. The molecule has 0 spiro atoms. The summed E-state index contributed by atoms with van der Waals surface area (Å²) in [4.78, 5) is -0.0407. The van der Waals surface area contributed by atoms with Crippen LogP contribution >= 0.6 is 0 Å². The Hall–Kier alpha value is -2.02.